The first-order chi connectivity index (χ1) is 12.0. The molecule has 0 radical (unpaired) electrons. The molecule has 6 nitrogen and oxygen atoms in total. The van der Waals surface area contributed by atoms with Crippen molar-refractivity contribution < 1.29 is 18.7 Å². The van der Waals surface area contributed by atoms with Gasteiger partial charge in [0.05, 0.1) is 12.0 Å². The number of urea groups is 1. The molecule has 7 heteroatoms. The number of piperidine rings is 1. The van der Waals surface area contributed by atoms with Crippen LogP contribution in [0, 0.1) is 11.7 Å². The maximum absolute atomic E-state index is 12.9. The Kier molecular flexibility index (Phi) is 7.03. The van der Waals surface area contributed by atoms with Gasteiger partial charge in [0.15, 0.2) is 0 Å². The summed E-state index contributed by atoms with van der Waals surface area (Å²) in [7, 11) is 0. The van der Waals surface area contributed by atoms with E-state index in [1.807, 2.05) is 13.8 Å². The molecule has 3 amide bonds. The highest BCUT2D eigenvalue weighted by molar-refractivity contribution is 5.80. The molecule has 1 aromatic rings. The van der Waals surface area contributed by atoms with Crippen LogP contribution in [0.25, 0.3) is 0 Å². The molecule has 0 spiro atoms. The zero-order valence-corrected chi connectivity index (χ0v) is 14.8. The van der Waals surface area contributed by atoms with Crippen molar-refractivity contribution in [3.8, 4) is 5.75 Å². The lowest BCUT2D eigenvalue weighted by Crippen LogP contribution is -2.51. The van der Waals surface area contributed by atoms with E-state index < -0.39 is 0 Å². The zero-order valence-electron chi connectivity index (χ0n) is 14.8. The van der Waals surface area contributed by atoms with Gasteiger partial charge in [-0.2, -0.15) is 0 Å². The number of ether oxygens (including phenoxy) is 1. The van der Waals surface area contributed by atoms with Gasteiger partial charge in [-0.1, -0.05) is 0 Å². The van der Waals surface area contributed by atoms with Gasteiger partial charge in [-0.05, 0) is 51.0 Å². The number of likely N-dealkylation sites (tertiary alicyclic amines) is 1. The highest BCUT2D eigenvalue weighted by Gasteiger charge is 2.28. The van der Waals surface area contributed by atoms with Crippen LogP contribution in [0.5, 0.6) is 5.75 Å². The lowest BCUT2D eigenvalue weighted by Gasteiger charge is -2.32. The van der Waals surface area contributed by atoms with Gasteiger partial charge < -0.3 is 20.3 Å². The van der Waals surface area contributed by atoms with Gasteiger partial charge in [-0.15, -0.1) is 0 Å². The molecule has 0 aromatic heterocycles. The number of amides is 3. The summed E-state index contributed by atoms with van der Waals surface area (Å²) < 4.78 is 18.4. The van der Waals surface area contributed by atoms with Gasteiger partial charge in [0.2, 0.25) is 5.91 Å². The van der Waals surface area contributed by atoms with E-state index in [2.05, 4.69) is 10.6 Å². The van der Waals surface area contributed by atoms with Crippen LogP contribution in [0.4, 0.5) is 9.18 Å². The number of benzene rings is 1. The minimum atomic E-state index is -0.319. The molecule has 1 heterocycles. The minimum Gasteiger partial charge on any atom is -0.491 e. The number of rotatable bonds is 6. The summed E-state index contributed by atoms with van der Waals surface area (Å²) in [5.74, 6) is 0.0927. The maximum Gasteiger partial charge on any atom is 0.317 e. The van der Waals surface area contributed by atoms with Gasteiger partial charge in [-0.3, -0.25) is 4.79 Å². The molecule has 138 valence electrons. The number of nitrogens with zero attached hydrogens (tertiary/aromatic N) is 1. The van der Waals surface area contributed by atoms with Crippen molar-refractivity contribution in [1.29, 1.82) is 0 Å². The fraction of sp³-hybridized carbons (Fsp3) is 0.556. The molecule has 2 rings (SSSR count). The van der Waals surface area contributed by atoms with Gasteiger partial charge in [0.25, 0.3) is 0 Å². The standard InChI is InChI=1S/C18H26FN3O3/c1-3-20-17(23)14-5-4-10-22(11-14)18(24)21-13(2)12-25-16-8-6-15(19)7-9-16/h6-9,13-14H,3-5,10-12H2,1-2H3,(H,20,23)(H,21,24)/t13-,14+/m0/s1. The summed E-state index contributed by atoms with van der Waals surface area (Å²) in [5, 5.41) is 5.69. The van der Waals surface area contributed by atoms with Crippen LogP contribution >= 0.6 is 0 Å². The highest BCUT2D eigenvalue weighted by Crippen LogP contribution is 2.17. The summed E-state index contributed by atoms with van der Waals surface area (Å²) >= 11 is 0. The van der Waals surface area contributed by atoms with E-state index >= 15 is 0 Å². The number of nitrogens with one attached hydrogen (secondary N) is 2. The molecule has 25 heavy (non-hydrogen) atoms. The Hall–Kier alpha value is -2.31. The van der Waals surface area contributed by atoms with Crippen LogP contribution < -0.4 is 15.4 Å². The second kappa shape index (κ2) is 9.25. The van der Waals surface area contributed by atoms with Crippen molar-refractivity contribution in [2.75, 3.05) is 26.2 Å². The van der Waals surface area contributed by atoms with Crippen LogP contribution in [0.15, 0.2) is 24.3 Å². The Morgan fingerprint density at radius 1 is 1.36 bits per heavy atom. The third-order valence-corrected chi connectivity index (χ3v) is 4.11. The Labute approximate surface area is 147 Å². The molecule has 2 atom stereocenters. The molecule has 1 aromatic carbocycles. The number of carbonyl (C=O) groups excluding carboxylic acids is 2. The largest absolute Gasteiger partial charge is 0.491 e. The first-order valence-electron chi connectivity index (χ1n) is 8.71. The lowest BCUT2D eigenvalue weighted by atomic mass is 9.97. The Morgan fingerprint density at radius 3 is 2.76 bits per heavy atom. The quantitative estimate of drug-likeness (QED) is 0.825. The normalized spacial score (nSPS) is 18.4. The maximum atomic E-state index is 12.9. The molecule has 1 aliphatic rings. The zero-order chi connectivity index (χ0) is 18.2. The first-order valence-corrected chi connectivity index (χ1v) is 8.71. The smallest absolute Gasteiger partial charge is 0.317 e. The molecule has 1 saturated heterocycles. The van der Waals surface area contributed by atoms with E-state index in [-0.39, 0.29) is 36.3 Å². The fourth-order valence-corrected chi connectivity index (χ4v) is 2.79. The number of hydrogen-bond acceptors (Lipinski definition) is 3. The third kappa shape index (κ3) is 5.92. The van der Waals surface area contributed by atoms with Crippen LogP contribution in [-0.2, 0) is 4.79 Å². The molecular formula is C18H26FN3O3. The van der Waals surface area contributed by atoms with Crippen LogP contribution in [0.1, 0.15) is 26.7 Å². The third-order valence-electron chi connectivity index (χ3n) is 4.11. The van der Waals surface area contributed by atoms with Crippen molar-refractivity contribution in [1.82, 2.24) is 15.5 Å². The van der Waals surface area contributed by atoms with E-state index in [9.17, 15) is 14.0 Å². The average molecular weight is 351 g/mol. The van der Waals surface area contributed by atoms with Crippen molar-refractivity contribution >= 4 is 11.9 Å². The van der Waals surface area contributed by atoms with E-state index in [4.69, 9.17) is 4.74 Å². The number of carbonyl (C=O) groups is 2. The van der Waals surface area contributed by atoms with Crippen LogP contribution in [0.3, 0.4) is 0 Å². The van der Waals surface area contributed by atoms with Crippen molar-refractivity contribution in [3.05, 3.63) is 30.1 Å². The summed E-state index contributed by atoms with van der Waals surface area (Å²) in [6.45, 7) is 5.68. The fourth-order valence-electron chi connectivity index (χ4n) is 2.79. The van der Waals surface area contributed by atoms with Gasteiger partial charge in [0, 0.05) is 19.6 Å². The Balaban J connectivity index is 1.77. The second-order valence-electron chi connectivity index (χ2n) is 6.30. The SMILES string of the molecule is CCNC(=O)[C@@H]1CCCN(C(=O)N[C@@H](C)COc2ccc(F)cc2)C1. The monoisotopic (exact) mass is 351 g/mol. The lowest BCUT2D eigenvalue weighted by molar-refractivity contribution is -0.126. The van der Waals surface area contributed by atoms with E-state index in [1.165, 1.54) is 12.1 Å². The summed E-state index contributed by atoms with van der Waals surface area (Å²) in [6.07, 6.45) is 1.62. The van der Waals surface area contributed by atoms with Crippen LogP contribution in [0.2, 0.25) is 0 Å². The van der Waals surface area contributed by atoms with Gasteiger partial charge in [0.1, 0.15) is 18.2 Å². The molecule has 0 aliphatic carbocycles. The van der Waals surface area contributed by atoms with E-state index in [0.29, 0.717) is 25.4 Å². The average Bonchev–Trinajstić information content (AvgIpc) is 2.61. The number of hydrogen-bond donors (Lipinski definition) is 2. The van der Waals surface area contributed by atoms with Crippen molar-refractivity contribution in [2.24, 2.45) is 5.92 Å². The summed E-state index contributed by atoms with van der Waals surface area (Å²) in [4.78, 5) is 26.0. The Bertz CT molecular complexity index is 579. The van der Waals surface area contributed by atoms with Crippen molar-refractivity contribution in [2.45, 2.75) is 32.7 Å². The highest BCUT2D eigenvalue weighted by atomic mass is 19.1. The molecule has 1 aliphatic heterocycles. The first kappa shape index (κ1) is 19.0. The van der Waals surface area contributed by atoms with Crippen LogP contribution in [-0.4, -0.2) is 49.1 Å². The topological polar surface area (TPSA) is 70.7 Å². The molecule has 1 fully saturated rings. The van der Waals surface area contributed by atoms with E-state index in [1.54, 1.807) is 17.0 Å². The van der Waals surface area contributed by atoms with E-state index in [0.717, 1.165) is 12.8 Å². The van der Waals surface area contributed by atoms with Gasteiger partial charge in [-0.25, -0.2) is 9.18 Å². The predicted molar refractivity (Wildman–Crippen MR) is 92.9 cm³/mol. The minimum absolute atomic E-state index is 0.00712. The molecule has 0 unspecified atom stereocenters. The predicted octanol–water partition coefficient (Wildman–Crippen LogP) is 2.15. The molecule has 0 saturated carbocycles. The molecule has 2 N–H and O–H groups in total. The molecular weight excluding hydrogens is 325 g/mol. The van der Waals surface area contributed by atoms with Gasteiger partial charge >= 0.3 is 6.03 Å². The second-order valence-corrected chi connectivity index (χ2v) is 6.30. The summed E-state index contributed by atoms with van der Waals surface area (Å²) in [5.41, 5.74) is 0. The molecule has 0 bridgehead atoms. The van der Waals surface area contributed by atoms with Crippen molar-refractivity contribution in [3.63, 3.8) is 0 Å². The number of halogens is 1. The summed E-state index contributed by atoms with van der Waals surface area (Å²) in [6, 6.07) is 5.35. The Morgan fingerprint density at radius 2 is 2.08 bits per heavy atom.